The van der Waals surface area contributed by atoms with Gasteiger partial charge in [-0.15, -0.1) is 0 Å². The molecule has 0 unspecified atom stereocenters. The molecule has 0 aliphatic heterocycles. The molecule has 120 valence electrons. The van der Waals surface area contributed by atoms with Crippen molar-refractivity contribution >= 4 is 11.6 Å². The fraction of sp³-hybridized carbons (Fsp3) is 0.765. The lowest BCUT2D eigenvalue weighted by atomic mass is 9.87. The predicted molar refractivity (Wildman–Crippen MR) is 92.0 cm³/mol. The molecular formula is C17H32N4. The molecule has 0 saturated heterocycles. The molecule has 0 aliphatic carbocycles. The van der Waals surface area contributed by atoms with Gasteiger partial charge in [-0.05, 0) is 18.3 Å². The molecule has 0 bridgehead atoms. The molecule has 1 aromatic heterocycles. The summed E-state index contributed by atoms with van der Waals surface area (Å²) in [5.74, 6) is 2.73. The topological polar surface area (TPSA) is 49.8 Å². The van der Waals surface area contributed by atoms with Crippen molar-refractivity contribution in [3.8, 4) is 0 Å². The summed E-state index contributed by atoms with van der Waals surface area (Å²) in [6.45, 7) is 9.99. The second-order valence-corrected chi connectivity index (χ2v) is 6.53. The Labute approximate surface area is 130 Å². The lowest BCUT2D eigenvalue weighted by molar-refractivity contribution is 0.342. The van der Waals surface area contributed by atoms with E-state index in [4.69, 9.17) is 0 Å². The highest BCUT2D eigenvalue weighted by Crippen LogP contribution is 2.24. The van der Waals surface area contributed by atoms with Crippen LogP contribution in [0.5, 0.6) is 0 Å². The van der Waals surface area contributed by atoms with Crippen molar-refractivity contribution in [1.82, 2.24) is 9.97 Å². The summed E-state index contributed by atoms with van der Waals surface area (Å²) in [5.41, 5.74) is 0.296. The van der Waals surface area contributed by atoms with E-state index in [1.54, 1.807) is 0 Å². The van der Waals surface area contributed by atoms with Gasteiger partial charge in [0, 0.05) is 26.1 Å². The Morgan fingerprint density at radius 2 is 1.76 bits per heavy atom. The van der Waals surface area contributed by atoms with Crippen molar-refractivity contribution in [2.75, 3.05) is 24.2 Å². The van der Waals surface area contributed by atoms with Crippen LogP contribution in [0.4, 0.5) is 11.6 Å². The van der Waals surface area contributed by atoms with Crippen LogP contribution in [0.15, 0.2) is 6.07 Å². The highest BCUT2D eigenvalue weighted by molar-refractivity contribution is 5.47. The van der Waals surface area contributed by atoms with Crippen molar-refractivity contribution in [2.24, 2.45) is 5.41 Å². The summed E-state index contributed by atoms with van der Waals surface area (Å²) in [6.07, 6.45) is 7.14. The molecule has 0 spiro atoms. The lowest BCUT2D eigenvalue weighted by Gasteiger charge is -2.25. The maximum Gasteiger partial charge on any atom is 0.133 e. The van der Waals surface area contributed by atoms with Gasteiger partial charge in [0.15, 0.2) is 0 Å². The first-order valence-electron chi connectivity index (χ1n) is 8.30. The number of nitrogens with one attached hydrogen (secondary N) is 2. The third kappa shape index (κ3) is 6.78. The van der Waals surface area contributed by atoms with Crippen molar-refractivity contribution in [2.45, 2.75) is 66.2 Å². The number of hydrogen-bond donors (Lipinski definition) is 2. The molecular weight excluding hydrogens is 260 g/mol. The third-order valence-corrected chi connectivity index (χ3v) is 3.71. The molecule has 0 saturated carbocycles. The first-order valence-corrected chi connectivity index (χ1v) is 8.30. The van der Waals surface area contributed by atoms with Crippen LogP contribution in [0.2, 0.25) is 0 Å². The minimum atomic E-state index is 0.296. The van der Waals surface area contributed by atoms with Crippen LogP contribution in [0.3, 0.4) is 0 Å². The second-order valence-electron chi connectivity index (χ2n) is 6.53. The molecule has 21 heavy (non-hydrogen) atoms. The Morgan fingerprint density at radius 3 is 2.38 bits per heavy atom. The lowest BCUT2D eigenvalue weighted by Crippen LogP contribution is -2.23. The third-order valence-electron chi connectivity index (χ3n) is 3.71. The van der Waals surface area contributed by atoms with E-state index < -0.39 is 0 Å². The summed E-state index contributed by atoms with van der Waals surface area (Å²) >= 11 is 0. The fourth-order valence-electron chi connectivity index (χ4n) is 2.32. The standard InChI is InChI=1S/C17H32N4/c1-6-8-9-11-17(3,4)13-19-16-12-15(18-5)20-14(21-16)10-7-2/h12H,6-11,13H2,1-5H3,(H2,18,19,20,21). The second kappa shape index (κ2) is 8.85. The molecule has 2 N–H and O–H groups in total. The first-order chi connectivity index (χ1) is 10.0. The van der Waals surface area contributed by atoms with Crippen LogP contribution < -0.4 is 10.6 Å². The van der Waals surface area contributed by atoms with Crippen LogP contribution >= 0.6 is 0 Å². The van der Waals surface area contributed by atoms with Gasteiger partial charge in [0.25, 0.3) is 0 Å². The maximum atomic E-state index is 4.61. The highest BCUT2D eigenvalue weighted by atomic mass is 15.1. The average molecular weight is 292 g/mol. The number of anilines is 2. The van der Waals surface area contributed by atoms with Crippen LogP contribution in [-0.2, 0) is 6.42 Å². The zero-order valence-electron chi connectivity index (χ0n) is 14.4. The molecule has 1 aromatic rings. The molecule has 0 radical (unpaired) electrons. The Morgan fingerprint density at radius 1 is 1.05 bits per heavy atom. The summed E-state index contributed by atoms with van der Waals surface area (Å²) < 4.78 is 0. The predicted octanol–water partition coefficient (Wildman–Crippen LogP) is 4.49. The molecule has 0 aromatic carbocycles. The number of rotatable bonds is 10. The van der Waals surface area contributed by atoms with E-state index >= 15 is 0 Å². The van der Waals surface area contributed by atoms with Gasteiger partial charge in [-0.25, -0.2) is 9.97 Å². The van der Waals surface area contributed by atoms with Crippen molar-refractivity contribution in [3.63, 3.8) is 0 Å². The Balaban J connectivity index is 2.62. The van der Waals surface area contributed by atoms with Gasteiger partial charge < -0.3 is 10.6 Å². The van der Waals surface area contributed by atoms with E-state index in [1.165, 1.54) is 25.7 Å². The van der Waals surface area contributed by atoms with E-state index in [1.807, 2.05) is 13.1 Å². The zero-order chi connectivity index (χ0) is 15.7. The summed E-state index contributed by atoms with van der Waals surface area (Å²) in [5, 5.41) is 6.61. The van der Waals surface area contributed by atoms with Crippen molar-refractivity contribution in [3.05, 3.63) is 11.9 Å². The molecule has 0 amide bonds. The Kier molecular flexibility index (Phi) is 7.48. The molecule has 1 heterocycles. The van der Waals surface area contributed by atoms with Gasteiger partial charge in [0.05, 0.1) is 0 Å². The van der Waals surface area contributed by atoms with Gasteiger partial charge in [0.1, 0.15) is 17.5 Å². The SMILES string of the molecule is CCCCCC(C)(C)CNc1cc(NC)nc(CCC)n1. The zero-order valence-corrected chi connectivity index (χ0v) is 14.4. The number of aromatic nitrogens is 2. The molecule has 0 aliphatic rings. The van der Waals surface area contributed by atoms with Crippen molar-refractivity contribution in [1.29, 1.82) is 0 Å². The van der Waals surface area contributed by atoms with Gasteiger partial charge in [-0.1, -0.05) is 47.0 Å². The average Bonchev–Trinajstić information content (AvgIpc) is 2.45. The number of aryl methyl sites for hydroxylation is 1. The molecule has 4 nitrogen and oxygen atoms in total. The van der Waals surface area contributed by atoms with E-state index in [0.717, 1.165) is 36.8 Å². The first kappa shape index (κ1) is 17.7. The van der Waals surface area contributed by atoms with Gasteiger partial charge in [-0.3, -0.25) is 0 Å². The maximum absolute atomic E-state index is 4.61. The smallest absolute Gasteiger partial charge is 0.133 e. The van der Waals surface area contributed by atoms with E-state index in [0.29, 0.717) is 5.41 Å². The van der Waals surface area contributed by atoms with Gasteiger partial charge >= 0.3 is 0 Å². The fourth-order valence-corrected chi connectivity index (χ4v) is 2.32. The van der Waals surface area contributed by atoms with Crippen LogP contribution in [0.25, 0.3) is 0 Å². The van der Waals surface area contributed by atoms with Gasteiger partial charge in [0.2, 0.25) is 0 Å². The normalized spacial score (nSPS) is 11.5. The van der Waals surface area contributed by atoms with Crippen molar-refractivity contribution < 1.29 is 0 Å². The van der Waals surface area contributed by atoms with E-state index in [9.17, 15) is 0 Å². The molecule has 4 heteroatoms. The largest absolute Gasteiger partial charge is 0.373 e. The van der Waals surface area contributed by atoms with Crippen LogP contribution in [0.1, 0.15) is 65.6 Å². The molecule has 0 fully saturated rings. The van der Waals surface area contributed by atoms with Crippen LogP contribution in [0, 0.1) is 5.41 Å². The van der Waals surface area contributed by atoms with Crippen LogP contribution in [-0.4, -0.2) is 23.6 Å². The monoisotopic (exact) mass is 292 g/mol. The minimum Gasteiger partial charge on any atom is -0.373 e. The quantitative estimate of drug-likeness (QED) is 0.624. The highest BCUT2D eigenvalue weighted by Gasteiger charge is 2.17. The number of unbranched alkanes of at least 4 members (excludes halogenated alkanes) is 2. The van der Waals surface area contributed by atoms with E-state index in [2.05, 4.69) is 48.3 Å². The summed E-state index contributed by atoms with van der Waals surface area (Å²) in [6, 6.07) is 1.99. The number of hydrogen-bond acceptors (Lipinski definition) is 4. The summed E-state index contributed by atoms with van der Waals surface area (Å²) in [7, 11) is 1.90. The minimum absolute atomic E-state index is 0.296. The number of nitrogens with zero attached hydrogens (tertiary/aromatic N) is 2. The van der Waals surface area contributed by atoms with Gasteiger partial charge in [-0.2, -0.15) is 0 Å². The van der Waals surface area contributed by atoms with E-state index in [-0.39, 0.29) is 0 Å². The summed E-state index contributed by atoms with van der Waals surface area (Å²) in [4.78, 5) is 9.09. The molecule has 0 atom stereocenters. The molecule has 1 rings (SSSR count). The Hall–Kier alpha value is -1.32. The Bertz CT molecular complexity index is 415.